The Morgan fingerprint density at radius 1 is 1.00 bits per heavy atom. The average Bonchev–Trinajstić information content (AvgIpc) is 3.18. The number of aromatic nitrogens is 3. The quantitative estimate of drug-likeness (QED) is 0.340. The molecular weight excluding hydrogens is 422 g/mol. The molecular formula is C28H29N5O. The van der Waals surface area contributed by atoms with Gasteiger partial charge in [0.2, 0.25) is 0 Å². The summed E-state index contributed by atoms with van der Waals surface area (Å²) >= 11 is 0. The van der Waals surface area contributed by atoms with E-state index in [0.717, 1.165) is 50.6 Å². The number of ether oxygens (including phenoxy) is 1. The van der Waals surface area contributed by atoms with E-state index in [-0.39, 0.29) is 0 Å². The molecule has 0 saturated carbocycles. The molecule has 0 amide bonds. The van der Waals surface area contributed by atoms with Crippen molar-refractivity contribution >= 4 is 18.5 Å². The summed E-state index contributed by atoms with van der Waals surface area (Å²) in [6.45, 7) is 9.87. The highest BCUT2D eigenvalue weighted by Crippen LogP contribution is 2.32. The number of benzene rings is 2. The number of nitrogens with zero attached hydrogens (tertiary/aromatic N) is 4. The maximum absolute atomic E-state index is 5.67. The molecule has 0 bridgehead atoms. The van der Waals surface area contributed by atoms with E-state index in [2.05, 4.69) is 62.8 Å². The van der Waals surface area contributed by atoms with Gasteiger partial charge in [0.25, 0.3) is 0 Å². The molecule has 0 spiro atoms. The molecule has 1 N–H and O–H groups in total. The molecule has 4 aromatic rings. The van der Waals surface area contributed by atoms with Gasteiger partial charge in [-0.25, -0.2) is 9.98 Å². The minimum Gasteiger partial charge on any atom is -0.495 e. The smallest absolute Gasteiger partial charge is 0.143 e. The van der Waals surface area contributed by atoms with Gasteiger partial charge < -0.3 is 14.6 Å². The average molecular weight is 452 g/mol. The number of nitrogens with one attached hydrogen (secondary N) is 1. The van der Waals surface area contributed by atoms with Crippen molar-refractivity contribution in [2.45, 2.75) is 20.8 Å². The second-order valence-corrected chi connectivity index (χ2v) is 8.30. The summed E-state index contributed by atoms with van der Waals surface area (Å²) < 4.78 is 7.73. The lowest BCUT2D eigenvalue weighted by Gasteiger charge is -2.14. The normalized spacial score (nSPS) is 11.4. The van der Waals surface area contributed by atoms with Crippen molar-refractivity contribution < 1.29 is 4.74 Å². The molecule has 0 radical (unpaired) electrons. The van der Waals surface area contributed by atoms with Gasteiger partial charge >= 0.3 is 0 Å². The molecule has 2 aromatic carbocycles. The molecule has 2 heterocycles. The molecule has 34 heavy (non-hydrogen) atoms. The van der Waals surface area contributed by atoms with Crippen LogP contribution in [0.5, 0.6) is 5.75 Å². The van der Waals surface area contributed by atoms with Gasteiger partial charge in [-0.1, -0.05) is 18.2 Å². The Balaban J connectivity index is 1.66. The predicted molar refractivity (Wildman–Crippen MR) is 140 cm³/mol. The fourth-order valence-corrected chi connectivity index (χ4v) is 3.82. The number of rotatable bonds is 7. The van der Waals surface area contributed by atoms with E-state index < -0.39 is 0 Å². The van der Waals surface area contributed by atoms with Gasteiger partial charge in [0.15, 0.2) is 0 Å². The van der Waals surface area contributed by atoms with Crippen molar-refractivity contribution in [3.8, 4) is 28.1 Å². The summed E-state index contributed by atoms with van der Waals surface area (Å²) in [7, 11) is 3.66. The predicted octanol–water partition coefficient (Wildman–Crippen LogP) is 6.19. The van der Waals surface area contributed by atoms with Crippen LogP contribution < -0.4 is 10.1 Å². The molecule has 0 unspecified atom stereocenters. The Bertz CT molecular complexity index is 1380. The topological polar surface area (TPSA) is 64.3 Å². The number of aryl methyl sites for hydroxylation is 3. The fourth-order valence-electron chi connectivity index (χ4n) is 3.82. The highest BCUT2D eigenvalue weighted by atomic mass is 16.5. The molecule has 2 aromatic heterocycles. The minimum absolute atomic E-state index is 0.630. The van der Waals surface area contributed by atoms with Crippen LogP contribution in [0, 0.1) is 20.8 Å². The molecule has 4 rings (SSSR count). The SMILES string of the molecule is C=N/C(=C\c1cc(-c2cncc(C)c2)ccc1C)Nc1ccc(-c2cnc(C)n2C)cc1OC. The number of hydrogen-bond acceptors (Lipinski definition) is 5. The lowest BCUT2D eigenvalue weighted by molar-refractivity contribution is 0.417. The third kappa shape index (κ3) is 4.76. The van der Waals surface area contributed by atoms with Crippen molar-refractivity contribution in [3.05, 3.63) is 89.4 Å². The van der Waals surface area contributed by atoms with E-state index in [1.165, 1.54) is 0 Å². The van der Waals surface area contributed by atoms with E-state index in [1.54, 1.807) is 7.11 Å². The molecule has 6 nitrogen and oxygen atoms in total. The van der Waals surface area contributed by atoms with Gasteiger partial charge in [-0.05, 0) is 80.1 Å². The Morgan fingerprint density at radius 3 is 2.47 bits per heavy atom. The fraction of sp³-hybridized carbons (Fsp3) is 0.179. The van der Waals surface area contributed by atoms with Crippen molar-refractivity contribution in [1.29, 1.82) is 0 Å². The standard InChI is InChI=1S/C28H29N5O/c1-18-11-24(16-30-15-18)21-8-7-19(2)23(12-21)14-28(29-4)32-25-10-9-22(13-27(25)34-6)26-17-31-20(3)33(26)5/h7-17,32H,4H2,1-3,5-6H3/b28-14+. The maximum atomic E-state index is 5.67. The van der Waals surface area contributed by atoms with Crippen LogP contribution in [-0.4, -0.2) is 28.4 Å². The van der Waals surface area contributed by atoms with Crippen LogP contribution in [0.3, 0.4) is 0 Å². The Labute approximate surface area is 200 Å². The first kappa shape index (κ1) is 23.0. The second-order valence-electron chi connectivity index (χ2n) is 8.30. The first-order valence-electron chi connectivity index (χ1n) is 11.0. The zero-order chi connectivity index (χ0) is 24.2. The summed E-state index contributed by atoms with van der Waals surface area (Å²) in [5.41, 5.74) is 8.36. The van der Waals surface area contributed by atoms with Crippen LogP contribution in [0.1, 0.15) is 22.5 Å². The molecule has 6 heteroatoms. The highest BCUT2D eigenvalue weighted by Gasteiger charge is 2.11. The van der Waals surface area contributed by atoms with E-state index in [9.17, 15) is 0 Å². The molecule has 0 fully saturated rings. The molecule has 172 valence electrons. The van der Waals surface area contributed by atoms with Gasteiger partial charge in [-0.3, -0.25) is 4.98 Å². The molecule has 0 saturated heterocycles. The first-order valence-corrected chi connectivity index (χ1v) is 11.0. The highest BCUT2D eigenvalue weighted by molar-refractivity contribution is 5.74. The van der Waals surface area contributed by atoms with E-state index in [0.29, 0.717) is 11.6 Å². The van der Waals surface area contributed by atoms with E-state index >= 15 is 0 Å². The molecule has 0 aliphatic carbocycles. The van der Waals surface area contributed by atoms with Crippen LogP contribution in [0.25, 0.3) is 28.5 Å². The maximum Gasteiger partial charge on any atom is 0.143 e. The van der Waals surface area contributed by atoms with E-state index in [4.69, 9.17) is 4.74 Å². The van der Waals surface area contributed by atoms with Crippen LogP contribution >= 0.6 is 0 Å². The zero-order valence-electron chi connectivity index (χ0n) is 20.3. The molecule has 0 atom stereocenters. The van der Waals surface area contributed by atoms with Crippen molar-refractivity contribution in [3.63, 3.8) is 0 Å². The lowest BCUT2D eigenvalue weighted by atomic mass is 10.00. The van der Waals surface area contributed by atoms with Crippen LogP contribution in [-0.2, 0) is 7.05 Å². The summed E-state index contributed by atoms with van der Waals surface area (Å²) in [5.74, 6) is 2.29. The summed E-state index contributed by atoms with van der Waals surface area (Å²) in [5, 5.41) is 3.36. The summed E-state index contributed by atoms with van der Waals surface area (Å²) in [6, 6.07) is 14.5. The van der Waals surface area contributed by atoms with E-state index in [1.807, 2.05) is 63.8 Å². The minimum atomic E-state index is 0.630. The number of anilines is 1. The molecule has 0 aliphatic rings. The monoisotopic (exact) mass is 451 g/mol. The number of imidazole rings is 1. The summed E-state index contributed by atoms with van der Waals surface area (Å²) in [4.78, 5) is 12.9. The van der Waals surface area contributed by atoms with Crippen LogP contribution in [0.15, 0.2) is 71.9 Å². The number of methoxy groups -OCH3 is 1. The lowest BCUT2D eigenvalue weighted by Crippen LogP contribution is -2.01. The van der Waals surface area contributed by atoms with Gasteiger partial charge in [0.05, 0.1) is 24.7 Å². The third-order valence-corrected chi connectivity index (χ3v) is 5.93. The first-order chi connectivity index (χ1) is 16.4. The zero-order valence-corrected chi connectivity index (χ0v) is 20.3. The summed E-state index contributed by atoms with van der Waals surface area (Å²) in [6.07, 6.45) is 7.60. The third-order valence-electron chi connectivity index (χ3n) is 5.93. The van der Waals surface area contributed by atoms with Gasteiger partial charge in [-0.15, -0.1) is 0 Å². The largest absolute Gasteiger partial charge is 0.495 e. The Hall–Kier alpha value is -4.19. The van der Waals surface area contributed by atoms with Crippen molar-refractivity contribution in [2.24, 2.45) is 12.0 Å². The van der Waals surface area contributed by atoms with Crippen LogP contribution in [0.2, 0.25) is 0 Å². The number of pyridine rings is 1. The number of aliphatic imine (C=N–C) groups is 1. The van der Waals surface area contributed by atoms with Crippen molar-refractivity contribution in [2.75, 3.05) is 12.4 Å². The Morgan fingerprint density at radius 2 is 1.79 bits per heavy atom. The van der Waals surface area contributed by atoms with Gasteiger partial charge in [-0.2, -0.15) is 0 Å². The van der Waals surface area contributed by atoms with Gasteiger partial charge in [0, 0.05) is 30.6 Å². The Kier molecular flexibility index (Phi) is 6.59. The van der Waals surface area contributed by atoms with Gasteiger partial charge in [0.1, 0.15) is 17.4 Å². The molecule has 0 aliphatic heterocycles. The van der Waals surface area contributed by atoms with Crippen molar-refractivity contribution in [1.82, 2.24) is 14.5 Å². The second kappa shape index (κ2) is 9.75. The number of hydrogen-bond donors (Lipinski definition) is 1. The van der Waals surface area contributed by atoms with Crippen LogP contribution in [0.4, 0.5) is 5.69 Å².